The van der Waals surface area contributed by atoms with Crippen molar-refractivity contribution in [2.24, 2.45) is 11.8 Å². The molecule has 1 atom stereocenters. The summed E-state index contributed by atoms with van der Waals surface area (Å²) in [5.41, 5.74) is -0.484. The molecule has 23 heavy (non-hydrogen) atoms. The van der Waals surface area contributed by atoms with Gasteiger partial charge in [0.2, 0.25) is 5.91 Å². The molecular weight excluding hydrogens is 292 g/mol. The third-order valence-corrected chi connectivity index (χ3v) is 4.93. The number of nitrogens with zero attached hydrogens (tertiary/aromatic N) is 2. The van der Waals surface area contributed by atoms with E-state index in [9.17, 15) is 9.59 Å². The topological polar surface area (TPSA) is 49.9 Å². The van der Waals surface area contributed by atoms with Crippen molar-refractivity contribution in [1.29, 1.82) is 0 Å². The number of carbonyl (C=O) groups is 2. The fourth-order valence-corrected chi connectivity index (χ4v) is 3.51. The van der Waals surface area contributed by atoms with Gasteiger partial charge in [-0.1, -0.05) is 6.92 Å². The zero-order valence-corrected chi connectivity index (χ0v) is 15.3. The molecule has 1 aliphatic heterocycles. The molecule has 1 aliphatic carbocycles. The summed E-state index contributed by atoms with van der Waals surface area (Å²) in [6, 6.07) is 0.00469. The molecule has 132 valence electrons. The van der Waals surface area contributed by atoms with Crippen molar-refractivity contribution in [3.8, 4) is 0 Å². The van der Waals surface area contributed by atoms with E-state index in [1.807, 2.05) is 32.6 Å². The molecule has 0 radical (unpaired) electrons. The van der Waals surface area contributed by atoms with Gasteiger partial charge in [-0.3, -0.25) is 4.79 Å². The number of hydrogen-bond acceptors (Lipinski definition) is 3. The summed E-state index contributed by atoms with van der Waals surface area (Å²) in [7, 11) is 0. The van der Waals surface area contributed by atoms with Crippen LogP contribution in [-0.4, -0.2) is 53.1 Å². The molecule has 5 heteroatoms. The fraction of sp³-hybridized carbons (Fsp3) is 0.889. The van der Waals surface area contributed by atoms with Crippen LogP contribution in [0.2, 0.25) is 0 Å². The third-order valence-electron chi connectivity index (χ3n) is 4.93. The summed E-state index contributed by atoms with van der Waals surface area (Å²) >= 11 is 0. The zero-order valence-electron chi connectivity index (χ0n) is 15.3. The van der Waals surface area contributed by atoms with E-state index in [0.29, 0.717) is 19.6 Å². The molecule has 2 amide bonds. The van der Waals surface area contributed by atoms with E-state index in [2.05, 4.69) is 6.92 Å². The highest BCUT2D eigenvalue weighted by molar-refractivity contribution is 5.79. The van der Waals surface area contributed by atoms with Crippen molar-refractivity contribution in [2.45, 2.75) is 71.9 Å². The molecule has 0 bridgehead atoms. The smallest absolute Gasteiger partial charge is 0.410 e. The highest BCUT2D eigenvalue weighted by Crippen LogP contribution is 2.30. The van der Waals surface area contributed by atoms with Gasteiger partial charge in [0.1, 0.15) is 5.60 Å². The second-order valence-corrected chi connectivity index (χ2v) is 8.26. The van der Waals surface area contributed by atoms with E-state index in [0.717, 1.165) is 31.6 Å². The van der Waals surface area contributed by atoms with Crippen molar-refractivity contribution in [3.05, 3.63) is 0 Å². The largest absolute Gasteiger partial charge is 0.444 e. The van der Waals surface area contributed by atoms with Gasteiger partial charge in [-0.2, -0.15) is 0 Å². The molecule has 0 aromatic heterocycles. The Labute approximate surface area is 140 Å². The van der Waals surface area contributed by atoms with E-state index in [4.69, 9.17) is 4.74 Å². The summed E-state index contributed by atoms with van der Waals surface area (Å²) in [5, 5.41) is 0. The molecule has 0 aromatic rings. The maximum absolute atomic E-state index is 12.7. The Morgan fingerprint density at radius 2 is 1.61 bits per heavy atom. The molecule has 5 nitrogen and oxygen atoms in total. The first-order valence-electron chi connectivity index (χ1n) is 8.96. The Morgan fingerprint density at radius 3 is 2.13 bits per heavy atom. The number of rotatable bonds is 1. The molecule has 1 saturated carbocycles. The van der Waals surface area contributed by atoms with Crippen LogP contribution in [-0.2, 0) is 9.53 Å². The van der Waals surface area contributed by atoms with Crippen LogP contribution in [0.4, 0.5) is 4.79 Å². The van der Waals surface area contributed by atoms with Crippen LogP contribution in [0.5, 0.6) is 0 Å². The van der Waals surface area contributed by atoms with Crippen molar-refractivity contribution >= 4 is 12.0 Å². The number of hydrogen-bond donors (Lipinski definition) is 0. The van der Waals surface area contributed by atoms with Crippen LogP contribution in [0.3, 0.4) is 0 Å². The molecule has 2 rings (SSSR count). The Bertz CT molecular complexity index is 436. The lowest BCUT2D eigenvalue weighted by Crippen LogP contribution is -2.57. The first-order chi connectivity index (χ1) is 10.7. The van der Waals surface area contributed by atoms with Gasteiger partial charge in [0.05, 0.1) is 0 Å². The van der Waals surface area contributed by atoms with E-state index in [1.54, 1.807) is 4.90 Å². The van der Waals surface area contributed by atoms with Gasteiger partial charge in [-0.05, 0) is 59.3 Å². The van der Waals surface area contributed by atoms with Crippen molar-refractivity contribution < 1.29 is 14.3 Å². The fourth-order valence-electron chi connectivity index (χ4n) is 3.51. The third kappa shape index (κ3) is 4.85. The zero-order chi connectivity index (χ0) is 17.2. The average molecular weight is 324 g/mol. The van der Waals surface area contributed by atoms with Crippen LogP contribution in [0.25, 0.3) is 0 Å². The minimum Gasteiger partial charge on any atom is -0.444 e. The quantitative estimate of drug-likeness (QED) is 0.744. The van der Waals surface area contributed by atoms with Gasteiger partial charge in [0, 0.05) is 31.6 Å². The van der Waals surface area contributed by atoms with Crippen molar-refractivity contribution in [1.82, 2.24) is 9.80 Å². The number of ether oxygens (including phenoxy) is 1. The second-order valence-electron chi connectivity index (χ2n) is 8.26. The molecule has 0 spiro atoms. The lowest BCUT2D eigenvalue weighted by atomic mass is 9.82. The number of carbonyl (C=O) groups excluding carboxylic acids is 2. The second kappa shape index (κ2) is 7.10. The summed E-state index contributed by atoms with van der Waals surface area (Å²) in [4.78, 5) is 28.6. The minimum atomic E-state index is -0.484. The van der Waals surface area contributed by atoms with E-state index in [-0.39, 0.29) is 24.0 Å². The Hall–Kier alpha value is -1.26. The SMILES string of the molecule is CC1CCC(C(=O)N2CCN(C(=O)OC(C)(C)C)[C@@H](C)C2)CC1. The molecular formula is C18H32N2O3. The maximum Gasteiger partial charge on any atom is 0.410 e. The summed E-state index contributed by atoms with van der Waals surface area (Å²) in [6.45, 7) is 11.7. The lowest BCUT2D eigenvalue weighted by Gasteiger charge is -2.41. The normalized spacial score (nSPS) is 29.3. The predicted molar refractivity (Wildman–Crippen MR) is 90.1 cm³/mol. The first-order valence-corrected chi connectivity index (χ1v) is 8.96. The maximum atomic E-state index is 12.7. The molecule has 2 fully saturated rings. The molecule has 2 aliphatic rings. The summed E-state index contributed by atoms with van der Waals surface area (Å²) in [5.74, 6) is 1.22. The van der Waals surface area contributed by atoms with Gasteiger partial charge in [-0.25, -0.2) is 4.79 Å². The van der Waals surface area contributed by atoms with Gasteiger partial charge in [0.15, 0.2) is 0 Å². The predicted octanol–water partition coefficient (Wildman–Crippen LogP) is 3.28. The van der Waals surface area contributed by atoms with Gasteiger partial charge < -0.3 is 14.5 Å². The average Bonchev–Trinajstić information content (AvgIpc) is 2.45. The number of piperazine rings is 1. The lowest BCUT2D eigenvalue weighted by molar-refractivity contribution is -0.139. The van der Waals surface area contributed by atoms with Gasteiger partial charge in [-0.15, -0.1) is 0 Å². The van der Waals surface area contributed by atoms with Crippen LogP contribution in [0, 0.1) is 11.8 Å². The molecule has 0 unspecified atom stereocenters. The van der Waals surface area contributed by atoms with Crippen molar-refractivity contribution in [2.75, 3.05) is 19.6 Å². The minimum absolute atomic E-state index is 0.00469. The highest BCUT2D eigenvalue weighted by Gasteiger charge is 2.35. The number of amides is 2. The molecule has 1 saturated heterocycles. The van der Waals surface area contributed by atoms with Crippen LogP contribution in [0.15, 0.2) is 0 Å². The van der Waals surface area contributed by atoms with E-state index < -0.39 is 5.60 Å². The van der Waals surface area contributed by atoms with Crippen LogP contribution in [0.1, 0.15) is 60.3 Å². The molecule has 1 heterocycles. The standard InChI is InChI=1S/C18H32N2O3/c1-13-6-8-15(9-7-13)16(21)19-10-11-20(14(2)12-19)17(22)23-18(3,4)5/h13-15H,6-12H2,1-5H3/t13?,14-,15?/m0/s1. The Balaban J connectivity index is 1.88. The Kier molecular flexibility index (Phi) is 5.58. The van der Waals surface area contributed by atoms with Crippen LogP contribution < -0.4 is 0 Å². The van der Waals surface area contributed by atoms with Crippen LogP contribution >= 0.6 is 0 Å². The molecule has 0 N–H and O–H groups in total. The monoisotopic (exact) mass is 324 g/mol. The van der Waals surface area contributed by atoms with Gasteiger partial charge in [0.25, 0.3) is 0 Å². The first kappa shape index (κ1) is 18.1. The van der Waals surface area contributed by atoms with E-state index >= 15 is 0 Å². The Morgan fingerprint density at radius 1 is 1.00 bits per heavy atom. The van der Waals surface area contributed by atoms with E-state index in [1.165, 1.54) is 0 Å². The summed E-state index contributed by atoms with van der Waals surface area (Å²) < 4.78 is 5.45. The highest BCUT2D eigenvalue weighted by atomic mass is 16.6. The van der Waals surface area contributed by atoms with Gasteiger partial charge >= 0.3 is 6.09 Å². The summed E-state index contributed by atoms with van der Waals surface area (Å²) in [6.07, 6.45) is 4.07. The van der Waals surface area contributed by atoms with Crippen molar-refractivity contribution in [3.63, 3.8) is 0 Å². The molecule has 0 aromatic carbocycles.